The van der Waals surface area contributed by atoms with E-state index in [1.807, 2.05) is 92.4 Å². The molecule has 0 aromatic heterocycles. The maximum atomic E-state index is 12.8. The van der Waals surface area contributed by atoms with E-state index in [4.69, 9.17) is 4.74 Å². The molecule has 0 saturated carbocycles. The lowest BCUT2D eigenvalue weighted by atomic mass is 9.94. The van der Waals surface area contributed by atoms with Crippen LogP contribution in [0, 0.1) is 5.41 Å². The first-order valence-electron chi connectivity index (χ1n) is 12.0. The van der Waals surface area contributed by atoms with E-state index in [0.717, 1.165) is 43.1 Å². The van der Waals surface area contributed by atoms with E-state index in [2.05, 4.69) is 10.2 Å². The van der Waals surface area contributed by atoms with Gasteiger partial charge in [0.05, 0.1) is 0 Å². The molecule has 0 aliphatic carbocycles. The van der Waals surface area contributed by atoms with Gasteiger partial charge in [-0.15, -0.1) is 0 Å². The lowest BCUT2D eigenvalue weighted by Gasteiger charge is -2.38. The zero-order valence-electron chi connectivity index (χ0n) is 20.7. The smallest absolute Gasteiger partial charge is 0.255 e. The molecule has 6 nitrogen and oxygen atoms in total. The van der Waals surface area contributed by atoms with Crippen molar-refractivity contribution in [3.63, 3.8) is 0 Å². The molecule has 182 valence electrons. The number of nitrogens with zero attached hydrogens (tertiary/aromatic N) is 2. The summed E-state index contributed by atoms with van der Waals surface area (Å²) in [5.41, 5.74) is 3.08. The molecule has 1 fully saturated rings. The predicted octanol–water partition coefficient (Wildman–Crippen LogP) is 5.21. The molecule has 0 radical (unpaired) electrons. The second-order valence-electron chi connectivity index (χ2n) is 9.83. The molecule has 4 rings (SSSR count). The molecule has 1 aliphatic rings. The van der Waals surface area contributed by atoms with Crippen LogP contribution in [0.2, 0.25) is 0 Å². The largest absolute Gasteiger partial charge is 0.489 e. The quantitative estimate of drug-likeness (QED) is 0.536. The summed E-state index contributed by atoms with van der Waals surface area (Å²) in [6, 6.07) is 25.0. The average molecular weight is 472 g/mol. The van der Waals surface area contributed by atoms with Crippen molar-refractivity contribution in [1.82, 2.24) is 4.90 Å². The van der Waals surface area contributed by atoms with Crippen molar-refractivity contribution in [2.24, 2.45) is 5.41 Å². The molecule has 6 heteroatoms. The monoisotopic (exact) mass is 471 g/mol. The van der Waals surface area contributed by atoms with Crippen LogP contribution in [-0.2, 0) is 11.4 Å². The molecular formula is C29H33N3O3. The van der Waals surface area contributed by atoms with Gasteiger partial charge >= 0.3 is 0 Å². The minimum absolute atomic E-state index is 0.183. The van der Waals surface area contributed by atoms with Crippen molar-refractivity contribution in [2.75, 3.05) is 36.4 Å². The van der Waals surface area contributed by atoms with Gasteiger partial charge in [0.25, 0.3) is 5.91 Å². The summed E-state index contributed by atoms with van der Waals surface area (Å²) in [5, 5.41) is 2.96. The second kappa shape index (κ2) is 10.6. The van der Waals surface area contributed by atoms with Crippen LogP contribution < -0.4 is 15.0 Å². The highest BCUT2D eigenvalue weighted by Crippen LogP contribution is 2.23. The Morgan fingerprint density at radius 1 is 0.857 bits per heavy atom. The Kier molecular flexibility index (Phi) is 7.39. The van der Waals surface area contributed by atoms with Gasteiger partial charge in [0.15, 0.2) is 0 Å². The number of carbonyl (C=O) groups is 2. The predicted molar refractivity (Wildman–Crippen MR) is 140 cm³/mol. The molecule has 3 aromatic rings. The van der Waals surface area contributed by atoms with E-state index in [9.17, 15) is 9.59 Å². The Hall–Kier alpha value is -3.80. The first-order chi connectivity index (χ1) is 16.8. The number of ether oxygens (including phenoxy) is 1. The number of benzene rings is 3. The lowest BCUT2D eigenvalue weighted by Crippen LogP contribution is -2.51. The highest BCUT2D eigenvalue weighted by atomic mass is 16.5. The summed E-state index contributed by atoms with van der Waals surface area (Å²) in [6.45, 7) is 9.36. The molecule has 0 bridgehead atoms. The van der Waals surface area contributed by atoms with E-state index < -0.39 is 0 Å². The molecular weight excluding hydrogens is 438 g/mol. The SMILES string of the molecule is CC(C)(C)C(=O)N1CCN(c2ccc(NC(=O)c3cccc(OCc4ccccc4)c3)cc2)CC1. The van der Waals surface area contributed by atoms with Crippen molar-refractivity contribution in [3.05, 3.63) is 90.0 Å². The number of anilines is 2. The number of amides is 2. The molecule has 0 spiro atoms. The van der Waals surface area contributed by atoms with Gasteiger partial charge in [0, 0.05) is 48.5 Å². The van der Waals surface area contributed by atoms with Crippen molar-refractivity contribution >= 4 is 23.2 Å². The third-order valence-corrected chi connectivity index (χ3v) is 6.04. The summed E-state index contributed by atoms with van der Waals surface area (Å²) in [7, 11) is 0. The first-order valence-corrected chi connectivity index (χ1v) is 12.0. The minimum Gasteiger partial charge on any atom is -0.489 e. The minimum atomic E-state index is -0.352. The molecule has 1 saturated heterocycles. The fourth-order valence-electron chi connectivity index (χ4n) is 4.07. The van der Waals surface area contributed by atoms with Gasteiger partial charge in [-0.25, -0.2) is 0 Å². The molecule has 1 heterocycles. The van der Waals surface area contributed by atoms with Crippen LogP contribution in [0.15, 0.2) is 78.9 Å². The normalized spacial score (nSPS) is 13.9. The lowest BCUT2D eigenvalue weighted by molar-refractivity contribution is -0.139. The van der Waals surface area contributed by atoms with E-state index in [1.54, 1.807) is 12.1 Å². The summed E-state index contributed by atoms with van der Waals surface area (Å²) >= 11 is 0. The van der Waals surface area contributed by atoms with Crippen molar-refractivity contribution < 1.29 is 14.3 Å². The molecule has 3 aromatic carbocycles. The highest BCUT2D eigenvalue weighted by Gasteiger charge is 2.29. The van der Waals surface area contributed by atoms with Crippen LogP contribution in [0.1, 0.15) is 36.7 Å². The maximum absolute atomic E-state index is 12.8. The zero-order valence-corrected chi connectivity index (χ0v) is 20.7. The van der Waals surface area contributed by atoms with Crippen molar-refractivity contribution in [2.45, 2.75) is 27.4 Å². The van der Waals surface area contributed by atoms with Gasteiger partial charge in [-0.1, -0.05) is 57.2 Å². The fraction of sp³-hybridized carbons (Fsp3) is 0.310. The van der Waals surface area contributed by atoms with Gasteiger partial charge in [0.1, 0.15) is 12.4 Å². The first kappa shape index (κ1) is 24.3. The topological polar surface area (TPSA) is 61.9 Å². The number of piperazine rings is 1. The zero-order chi connectivity index (χ0) is 24.8. The van der Waals surface area contributed by atoms with E-state index >= 15 is 0 Å². The van der Waals surface area contributed by atoms with Crippen molar-refractivity contribution in [3.8, 4) is 5.75 Å². The number of nitrogens with one attached hydrogen (secondary N) is 1. The number of rotatable bonds is 6. The van der Waals surface area contributed by atoms with E-state index in [-0.39, 0.29) is 17.2 Å². The van der Waals surface area contributed by atoms with Gasteiger partial charge < -0.3 is 19.9 Å². The van der Waals surface area contributed by atoms with Gasteiger partial charge in [0.2, 0.25) is 5.91 Å². The molecule has 1 aliphatic heterocycles. The third-order valence-electron chi connectivity index (χ3n) is 6.04. The molecule has 0 unspecified atom stereocenters. The van der Waals surface area contributed by atoms with Crippen molar-refractivity contribution in [1.29, 1.82) is 0 Å². The number of hydrogen-bond acceptors (Lipinski definition) is 4. The molecule has 0 atom stereocenters. The standard InChI is InChI=1S/C29H33N3O3/c1-29(2,3)28(34)32-18-16-31(17-19-32)25-14-12-24(13-15-25)30-27(33)23-10-7-11-26(20-23)35-21-22-8-5-4-6-9-22/h4-15,20H,16-19,21H2,1-3H3,(H,30,33). The van der Waals surface area contributed by atoms with Crippen LogP contribution in [0.5, 0.6) is 5.75 Å². The van der Waals surface area contributed by atoms with Crippen LogP contribution in [0.3, 0.4) is 0 Å². The third kappa shape index (κ3) is 6.41. The van der Waals surface area contributed by atoms with Gasteiger partial charge in [-0.2, -0.15) is 0 Å². The van der Waals surface area contributed by atoms with Crippen LogP contribution in [-0.4, -0.2) is 42.9 Å². The Labute approximate surface area is 207 Å². The maximum Gasteiger partial charge on any atom is 0.255 e. The number of carbonyl (C=O) groups excluding carboxylic acids is 2. The summed E-state index contributed by atoms with van der Waals surface area (Å²) in [6.07, 6.45) is 0. The van der Waals surface area contributed by atoms with Crippen LogP contribution in [0.4, 0.5) is 11.4 Å². The summed E-state index contributed by atoms with van der Waals surface area (Å²) in [4.78, 5) is 29.5. The number of hydrogen-bond donors (Lipinski definition) is 1. The highest BCUT2D eigenvalue weighted by molar-refractivity contribution is 6.04. The second-order valence-corrected chi connectivity index (χ2v) is 9.83. The van der Waals surface area contributed by atoms with E-state index in [1.165, 1.54) is 0 Å². The van der Waals surface area contributed by atoms with Gasteiger partial charge in [-0.3, -0.25) is 9.59 Å². The Balaban J connectivity index is 1.31. The fourth-order valence-corrected chi connectivity index (χ4v) is 4.07. The summed E-state index contributed by atoms with van der Waals surface area (Å²) < 4.78 is 5.85. The molecule has 1 N–H and O–H groups in total. The Morgan fingerprint density at radius 3 is 2.20 bits per heavy atom. The summed E-state index contributed by atoms with van der Waals surface area (Å²) in [5.74, 6) is 0.669. The Morgan fingerprint density at radius 2 is 1.54 bits per heavy atom. The Bertz CT molecular complexity index is 1150. The molecule has 2 amide bonds. The van der Waals surface area contributed by atoms with Crippen LogP contribution in [0.25, 0.3) is 0 Å². The average Bonchev–Trinajstić information content (AvgIpc) is 2.88. The van der Waals surface area contributed by atoms with Gasteiger partial charge in [-0.05, 0) is 48.0 Å². The molecule has 35 heavy (non-hydrogen) atoms. The van der Waals surface area contributed by atoms with E-state index in [0.29, 0.717) is 17.9 Å². The van der Waals surface area contributed by atoms with Crippen LogP contribution >= 0.6 is 0 Å².